The van der Waals surface area contributed by atoms with Gasteiger partial charge in [0.2, 0.25) is 5.88 Å². The molecule has 0 saturated carbocycles. The van der Waals surface area contributed by atoms with E-state index >= 15 is 0 Å². The van der Waals surface area contributed by atoms with Gasteiger partial charge in [-0.15, -0.1) is 0 Å². The van der Waals surface area contributed by atoms with Gasteiger partial charge in [0, 0.05) is 52.4 Å². The van der Waals surface area contributed by atoms with Crippen LogP contribution in [0.25, 0.3) is 0 Å². The van der Waals surface area contributed by atoms with E-state index in [1.165, 1.54) is 24.5 Å². The van der Waals surface area contributed by atoms with E-state index in [1.807, 2.05) is 20.8 Å². The lowest BCUT2D eigenvalue weighted by molar-refractivity contribution is -0.0528. The highest BCUT2D eigenvalue weighted by Crippen LogP contribution is 2.24. The van der Waals surface area contributed by atoms with Gasteiger partial charge in [0.05, 0.1) is 22.5 Å². The molecule has 1 aliphatic heterocycles. The highest BCUT2D eigenvalue weighted by Gasteiger charge is 2.39. The average Bonchev–Trinajstić information content (AvgIpc) is 2.65. The summed E-state index contributed by atoms with van der Waals surface area (Å²) in [6, 6.07) is 4.28. The number of nitrogens with one attached hydrogen (secondary N) is 3. The fraction of sp³-hybridized carbons (Fsp3) is 0.400. The number of carbonyl (C=O) groups is 1. The Bertz CT molecular complexity index is 1020. The molecule has 0 spiro atoms. The number of alkyl halides is 2. The molecular formula is C20H23F2N5O3S. The van der Waals surface area contributed by atoms with Crippen LogP contribution in [-0.2, 0) is 10.8 Å². The van der Waals surface area contributed by atoms with E-state index in [9.17, 15) is 17.8 Å². The number of anilines is 1. The van der Waals surface area contributed by atoms with Crippen LogP contribution in [-0.4, -0.2) is 55.5 Å². The molecule has 2 aromatic rings. The van der Waals surface area contributed by atoms with Gasteiger partial charge in [-0.2, -0.15) is 8.78 Å². The van der Waals surface area contributed by atoms with Crippen LogP contribution in [0, 0.1) is 5.41 Å². The Morgan fingerprint density at radius 1 is 1.26 bits per heavy atom. The first-order valence-corrected chi connectivity index (χ1v) is 11.0. The Hall–Kier alpha value is -2.95. The molecule has 3 N–H and O–H groups in total. The Balaban J connectivity index is 1.88. The van der Waals surface area contributed by atoms with E-state index in [2.05, 4.69) is 25.3 Å². The van der Waals surface area contributed by atoms with Crippen molar-refractivity contribution in [3.05, 3.63) is 47.4 Å². The third-order valence-corrected chi connectivity index (χ3v) is 6.36. The molecule has 0 radical (unpaired) electrons. The molecule has 3 heterocycles. The zero-order valence-corrected chi connectivity index (χ0v) is 18.1. The lowest BCUT2D eigenvalue weighted by atomic mass is 10.0. The summed E-state index contributed by atoms with van der Waals surface area (Å²) in [6.45, 7) is 2.60. The van der Waals surface area contributed by atoms with Crippen molar-refractivity contribution < 1.29 is 22.5 Å². The molecule has 0 bridgehead atoms. The number of carbonyl (C=O) groups excluding carboxylic acids is 1. The van der Waals surface area contributed by atoms with Crippen LogP contribution in [0.1, 0.15) is 42.4 Å². The zero-order valence-electron chi connectivity index (χ0n) is 17.2. The predicted molar refractivity (Wildman–Crippen MR) is 114 cm³/mol. The number of halogens is 2. The van der Waals surface area contributed by atoms with Crippen LogP contribution in [0.5, 0.6) is 5.88 Å². The predicted octanol–water partition coefficient (Wildman–Crippen LogP) is 2.57. The van der Waals surface area contributed by atoms with Crippen LogP contribution in [0.2, 0.25) is 0 Å². The summed E-state index contributed by atoms with van der Waals surface area (Å²) >= 11 is 0. The summed E-state index contributed by atoms with van der Waals surface area (Å²) in [5.74, 6) is 0.138. The van der Waals surface area contributed by atoms with Crippen LogP contribution in [0.3, 0.4) is 0 Å². The van der Waals surface area contributed by atoms with Crippen molar-refractivity contribution >= 4 is 28.1 Å². The van der Waals surface area contributed by atoms with Gasteiger partial charge in [0.25, 0.3) is 5.91 Å². The van der Waals surface area contributed by atoms with Gasteiger partial charge < -0.3 is 15.4 Å². The Labute approximate surface area is 180 Å². The highest BCUT2D eigenvalue weighted by atomic mass is 32.2. The number of amides is 1. The minimum absolute atomic E-state index is 0.0200. The second kappa shape index (κ2) is 9.04. The van der Waals surface area contributed by atoms with Gasteiger partial charge in [-0.25, -0.2) is 4.98 Å². The molecule has 3 rings (SSSR count). The molecule has 11 heteroatoms. The van der Waals surface area contributed by atoms with Gasteiger partial charge in [0.1, 0.15) is 5.69 Å². The maximum Gasteiger partial charge on any atom is 0.388 e. The molecule has 1 saturated heterocycles. The first kappa shape index (κ1) is 22.7. The van der Waals surface area contributed by atoms with Gasteiger partial charge in [-0.05, 0) is 32.9 Å². The van der Waals surface area contributed by atoms with E-state index in [0.29, 0.717) is 17.2 Å². The normalized spacial score (nSPS) is 20.3. The minimum atomic E-state index is -3.03. The maximum absolute atomic E-state index is 12.7. The number of hydrogen-bond acceptors (Lipinski definition) is 7. The Kier molecular flexibility index (Phi) is 6.63. The lowest BCUT2D eigenvalue weighted by Crippen LogP contribution is -2.61. The number of aromatic nitrogens is 2. The highest BCUT2D eigenvalue weighted by molar-refractivity contribution is 7.86. The van der Waals surface area contributed by atoms with Crippen LogP contribution in [0.15, 0.2) is 30.6 Å². The van der Waals surface area contributed by atoms with Crippen molar-refractivity contribution in [3.8, 4) is 5.88 Å². The molecule has 1 aliphatic rings. The summed E-state index contributed by atoms with van der Waals surface area (Å²) in [5, 5.41) is 14.6. The molecule has 31 heavy (non-hydrogen) atoms. The van der Waals surface area contributed by atoms with Crippen molar-refractivity contribution in [2.24, 2.45) is 0 Å². The smallest absolute Gasteiger partial charge is 0.388 e. The number of nitrogens with zero attached hydrogens (tertiary/aromatic N) is 2. The minimum Gasteiger partial charge on any atom is -0.417 e. The first-order chi connectivity index (χ1) is 14.6. The summed E-state index contributed by atoms with van der Waals surface area (Å²) in [7, 11) is -0.916. The van der Waals surface area contributed by atoms with E-state index in [-0.39, 0.29) is 40.4 Å². The van der Waals surface area contributed by atoms with Gasteiger partial charge >= 0.3 is 6.61 Å². The largest absolute Gasteiger partial charge is 0.417 e. The van der Waals surface area contributed by atoms with E-state index in [0.717, 1.165) is 0 Å². The number of rotatable bonds is 8. The monoisotopic (exact) mass is 451 g/mol. The fourth-order valence-corrected chi connectivity index (χ4v) is 4.63. The van der Waals surface area contributed by atoms with Crippen LogP contribution in [0.4, 0.5) is 14.5 Å². The quantitative estimate of drug-likeness (QED) is 0.531. The van der Waals surface area contributed by atoms with Gasteiger partial charge in [0.15, 0.2) is 0 Å². The fourth-order valence-electron chi connectivity index (χ4n) is 3.15. The molecule has 166 valence electrons. The summed E-state index contributed by atoms with van der Waals surface area (Å²) in [5.41, 5.74) is 0.704. The van der Waals surface area contributed by atoms with Gasteiger partial charge in [-0.1, -0.05) is 0 Å². The molecule has 1 fully saturated rings. The first-order valence-electron chi connectivity index (χ1n) is 9.50. The SMILES string of the molecule is CC(C)Nc1cc(C(=O)NC2(C)CS(=O)C2)cnc1C(=N)c1ccnc(OC(F)F)c1. The zero-order chi connectivity index (χ0) is 22.8. The van der Waals surface area contributed by atoms with E-state index in [1.54, 1.807) is 6.07 Å². The maximum atomic E-state index is 12.7. The molecule has 2 aromatic heterocycles. The summed E-state index contributed by atoms with van der Waals surface area (Å²) in [4.78, 5) is 20.7. The average molecular weight is 451 g/mol. The molecule has 8 nitrogen and oxygen atoms in total. The number of pyridine rings is 2. The van der Waals surface area contributed by atoms with E-state index < -0.39 is 22.9 Å². The second-order valence-corrected chi connectivity index (χ2v) is 9.26. The van der Waals surface area contributed by atoms with Crippen molar-refractivity contribution in [2.45, 2.75) is 39.0 Å². The third kappa shape index (κ3) is 5.60. The molecule has 0 atom stereocenters. The van der Waals surface area contributed by atoms with Crippen molar-refractivity contribution in [1.82, 2.24) is 15.3 Å². The lowest BCUT2D eigenvalue weighted by Gasteiger charge is -2.38. The third-order valence-electron chi connectivity index (χ3n) is 4.44. The van der Waals surface area contributed by atoms with Crippen LogP contribution >= 0.6 is 0 Å². The number of ether oxygens (including phenoxy) is 1. The van der Waals surface area contributed by atoms with Gasteiger partial charge in [-0.3, -0.25) is 19.4 Å². The van der Waals surface area contributed by atoms with E-state index in [4.69, 9.17) is 5.41 Å². The molecular weight excluding hydrogens is 428 g/mol. The summed E-state index contributed by atoms with van der Waals surface area (Å²) in [6.07, 6.45) is 2.61. The molecule has 1 amide bonds. The Morgan fingerprint density at radius 2 is 1.97 bits per heavy atom. The molecule has 0 unspecified atom stereocenters. The van der Waals surface area contributed by atoms with Crippen LogP contribution < -0.4 is 15.4 Å². The Morgan fingerprint density at radius 3 is 2.58 bits per heavy atom. The van der Waals surface area contributed by atoms with Crippen molar-refractivity contribution in [1.29, 1.82) is 5.41 Å². The molecule has 0 aliphatic carbocycles. The standard InChI is InChI=1S/C20H23F2N5O3S/c1-11(2)26-14-6-13(18(28)27-20(3)9-31(29)10-20)8-25-17(14)16(23)12-4-5-24-15(7-12)30-19(21)22/h4-8,11,19,23,26H,9-10H2,1-3H3,(H,27,28). The topological polar surface area (TPSA) is 117 Å². The molecule has 0 aromatic carbocycles. The second-order valence-electron chi connectivity index (χ2n) is 7.80. The number of hydrogen-bond donors (Lipinski definition) is 3. The van der Waals surface area contributed by atoms with Crippen molar-refractivity contribution in [2.75, 3.05) is 16.8 Å². The summed E-state index contributed by atoms with van der Waals surface area (Å²) < 4.78 is 40.7. The van der Waals surface area contributed by atoms with Crippen molar-refractivity contribution in [3.63, 3.8) is 0 Å².